The molecule has 0 amide bonds. The summed E-state index contributed by atoms with van der Waals surface area (Å²) in [6.45, 7) is 2.85. The number of rotatable bonds is 4. The third-order valence-electron chi connectivity index (χ3n) is 5.47. The molecule has 0 aliphatic carbocycles. The summed E-state index contributed by atoms with van der Waals surface area (Å²) in [5.41, 5.74) is 4.02. The molecule has 3 unspecified atom stereocenters. The highest BCUT2D eigenvalue weighted by Crippen LogP contribution is 2.31. The van der Waals surface area contributed by atoms with Crippen LogP contribution in [0.15, 0.2) is 65.5 Å². The standard InChI is InChI=1S/C22H24ClN3O/c1-15-21(17-10-6-3-7-11-17)25-22(27)26(15)19-12-13-24-18(20(19)23)14-16-8-4-2-5-9-16/h2-11,18-20,24H,12-14H2,1H3,(H,25,27). The molecule has 0 bridgehead atoms. The molecule has 27 heavy (non-hydrogen) atoms. The van der Waals surface area contributed by atoms with Crippen molar-refractivity contribution in [3.63, 3.8) is 0 Å². The average Bonchev–Trinajstić information content (AvgIpc) is 2.99. The van der Waals surface area contributed by atoms with Crippen LogP contribution in [0.3, 0.4) is 0 Å². The van der Waals surface area contributed by atoms with E-state index in [1.165, 1.54) is 5.56 Å². The van der Waals surface area contributed by atoms with Gasteiger partial charge in [-0.2, -0.15) is 0 Å². The van der Waals surface area contributed by atoms with Gasteiger partial charge in [0.1, 0.15) is 0 Å². The van der Waals surface area contributed by atoms with Gasteiger partial charge in [-0.1, -0.05) is 60.7 Å². The van der Waals surface area contributed by atoms with Crippen LogP contribution >= 0.6 is 11.6 Å². The first-order valence-electron chi connectivity index (χ1n) is 9.43. The van der Waals surface area contributed by atoms with E-state index in [1.807, 2.05) is 60.0 Å². The third-order valence-corrected chi connectivity index (χ3v) is 6.06. The SMILES string of the molecule is Cc1c(-c2ccccc2)[nH]c(=O)n1C1CCNC(Cc2ccccc2)C1Cl. The molecular formula is C22H24ClN3O. The van der Waals surface area contributed by atoms with Gasteiger partial charge in [0.2, 0.25) is 0 Å². The molecule has 1 aliphatic heterocycles. The Hall–Kier alpha value is -2.30. The highest BCUT2D eigenvalue weighted by molar-refractivity contribution is 6.21. The lowest BCUT2D eigenvalue weighted by atomic mass is 9.93. The van der Waals surface area contributed by atoms with Crippen LogP contribution in [0.5, 0.6) is 0 Å². The van der Waals surface area contributed by atoms with Crippen LogP contribution in [0, 0.1) is 6.92 Å². The molecule has 1 saturated heterocycles. The fourth-order valence-electron chi connectivity index (χ4n) is 4.10. The summed E-state index contributed by atoms with van der Waals surface area (Å²) in [7, 11) is 0. The lowest BCUT2D eigenvalue weighted by Crippen LogP contribution is -2.50. The van der Waals surface area contributed by atoms with E-state index in [1.54, 1.807) is 0 Å². The monoisotopic (exact) mass is 381 g/mol. The lowest BCUT2D eigenvalue weighted by molar-refractivity contribution is 0.299. The maximum absolute atomic E-state index is 12.8. The molecule has 140 valence electrons. The van der Waals surface area contributed by atoms with E-state index in [4.69, 9.17) is 11.6 Å². The fourth-order valence-corrected chi connectivity index (χ4v) is 4.51. The maximum atomic E-state index is 12.8. The summed E-state index contributed by atoms with van der Waals surface area (Å²) in [4.78, 5) is 15.8. The van der Waals surface area contributed by atoms with Crippen molar-refractivity contribution >= 4 is 11.6 Å². The van der Waals surface area contributed by atoms with Crippen LogP contribution in [0.25, 0.3) is 11.3 Å². The highest BCUT2D eigenvalue weighted by Gasteiger charge is 2.34. The van der Waals surface area contributed by atoms with E-state index in [0.29, 0.717) is 0 Å². The van der Waals surface area contributed by atoms with Gasteiger partial charge in [0.25, 0.3) is 0 Å². The van der Waals surface area contributed by atoms with Gasteiger partial charge in [-0.3, -0.25) is 4.57 Å². The summed E-state index contributed by atoms with van der Waals surface area (Å²) in [5.74, 6) is 0. The number of benzene rings is 2. The quantitative estimate of drug-likeness (QED) is 0.673. The summed E-state index contributed by atoms with van der Waals surface area (Å²) in [6, 6.07) is 20.4. The number of halogens is 1. The van der Waals surface area contributed by atoms with Crippen molar-refractivity contribution in [3.05, 3.63) is 82.4 Å². The maximum Gasteiger partial charge on any atom is 0.326 e. The van der Waals surface area contributed by atoms with Gasteiger partial charge in [-0.15, -0.1) is 11.6 Å². The van der Waals surface area contributed by atoms with Crippen LogP contribution < -0.4 is 11.0 Å². The molecule has 3 aromatic rings. The van der Waals surface area contributed by atoms with Crippen molar-refractivity contribution in [1.82, 2.24) is 14.9 Å². The Morgan fingerprint density at radius 1 is 1.07 bits per heavy atom. The number of aromatic amines is 1. The molecule has 3 atom stereocenters. The first kappa shape index (κ1) is 18.1. The topological polar surface area (TPSA) is 49.8 Å². The number of H-pyrrole nitrogens is 1. The van der Waals surface area contributed by atoms with Crippen molar-refractivity contribution in [2.45, 2.75) is 37.2 Å². The molecule has 4 rings (SSSR count). The van der Waals surface area contributed by atoms with Crippen molar-refractivity contribution in [2.75, 3.05) is 6.54 Å². The zero-order valence-corrected chi connectivity index (χ0v) is 16.1. The van der Waals surface area contributed by atoms with Crippen LogP contribution in [0.4, 0.5) is 0 Å². The number of aromatic nitrogens is 2. The Morgan fingerprint density at radius 2 is 1.74 bits per heavy atom. The van der Waals surface area contributed by atoms with Gasteiger partial charge in [0.15, 0.2) is 0 Å². The molecule has 2 N–H and O–H groups in total. The number of piperidine rings is 1. The molecule has 2 aromatic carbocycles. The van der Waals surface area contributed by atoms with Crippen molar-refractivity contribution < 1.29 is 0 Å². The molecular weight excluding hydrogens is 358 g/mol. The molecule has 1 fully saturated rings. The average molecular weight is 382 g/mol. The number of hydrogen-bond acceptors (Lipinski definition) is 2. The Balaban J connectivity index is 1.63. The van der Waals surface area contributed by atoms with Gasteiger partial charge < -0.3 is 10.3 Å². The zero-order valence-electron chi connectivity index (χ0n) is 15.4. The molecule has 4 nitrogen and oxygen atoms in total. The largest absolute Gasteiger partial charge is 0.326 e. The Morgan fingerprint density at radius 3 is 2.44 bits per heavy atom. The Labute approximate surface area is 164 Å². The van der Waals surface area contributed by atoms with E-state index in [9.17, 15) is 4.79 Å². The van der Waals surface area contributed by atoms with Crippen LogP contribution in [-0.2, 0) is 6.42 Å². The minimum Gasteiger partial charge on any atom is -0.312 e. The second-order valence-corrected chi connectivity index (χ2v) is 7.68. The van der Waals surface area contributed by atoms with E-state index in [2.05, 4.69) is 22.4 Å². The van der Waals surface area contributed by atoms with Crippen LogP contribution in [0.2, 0.25) is 0 Å². The van der Waals surface area contributed by atoms with Crippen molar-refractivity contribution in [1.29, 1.82) is 0 Å². The van der Waals surface area contributed by atoms with Crippen molar-refractivity contribution in [3.8, 4) is 11.3 Å². The summed E-state index contributed by atoms with van der Waals surface area (Å²) in [6.07, 6.45) is 1.70. The first-order valence-corrected chi connectivity index (χ1v) is 9.86. The predicted molar refractivity (Wildman–Crippen MR) is 110 cm³/mol. The number of imidazole rings is 1. The first-order chi connectivity index (χ1) is 13.1. The van der Waals surface area contributed by atoms with Gasteiger partial charge in [0, 0.05) is 11.7 Å². The number of hydrogen-bond donors (Lipinski definition) is 2. The minimum atomic E-state index is -0.158. The summed E-state index contributed by atoms with van der Waals surface area (Å²) >= 11 is 6.90. The minimum absolute atomic E-state index is 0.0251. The molecule has 0 saturated carbocycles. The number of alkyl halides is 1. The molecule has 0 spiro atoms. The van der Waals surface area contributed by atoms with Gasteiger partial charge in [0.05, 0.1) is 17.1 Å². The Bertz CT molecular complexity index is 949. The van der Waals surface area contributed by atoms with Crippen LogP contribution in [0.1, 0.15) is 23.7 Å². The van der Waals surface area contributed by atoms with Gasteiger partial charge in [-0.25, -0.2) is 4.79 Å². The second-order valence-electron chi connectivity index (χ2n) is 7.18. The lowest BCUT2D eigenvalue weighted by Gasteiger charge is -2.36. The molecule has 1 aliphatic rings. The van der Waals surface area contributed by atoms with E-state index < -0.39 is 0 Å². The van der Waals surface area contributed by atoms with E-state index >= 15 is 0 Å². The van der Waals surface area contributed by atoms with E-state index in [0.717, 1.165) is 36.3 Å². The highest BCUT2D eigenvalue weighted by atomic mass is 35.5. The second kappa shape index (κ2) is 7.75. The predicted octanol–water partition coefficient (Wildman–Crippen LogP) is 3.90. The third kappa shape index (κ3) is 3.60. The van der Waals surface area contributed by atoms with Crippen molar-refractivity contribution in [2.24, 2.45) is 0 Å². The zero-order chi connectivity index (χ0) is 18.8. The molecule has 5 heteroatoms. The molecule has 0 radical (unpaired) electrons. The van der Waals surface area contributed by atoms with Gasteiger partial charge >= 0.3 is 5.69 Å². The Kier molecular flexibility index (Phi) is 5.19. The fraction of sp³-hybridized carbons (Fsp3) is 0.318. The van der Waals surface area contributed by atoms with E-state index in [-0.39, 0.29) is 23.2 Å². The number of nitrogens with one attached hydrogen (secondary N) is 2. The van der Waals surface area contributed by atoms with Gasteiger partial charge in [-0.05, 0) is 37.4 Å². The molecule has 2 heterocycles. The summed E-state index contributed by atoms with van der Waals surface area (Å²) < 4.78 is 1.86. The normalized spacial score (nSPS) is 22.7. The smallest absolute Gasteiger partial charge is 0.312 e. The summed E-state index contributed by atoms with van der Waals surface area (Å²) in [5, 5.41) is 3.38. The van der Waals surface area contributed by atoms with Crippen LogP contribution in [-0.4, -0.2) is 27.5 Å². The number of nitrogens with zero attached hydrogens (tertiary/aromatic N) is 1. The molecule has 1 aromatic heterocycles.